The SMILES string of the molecule is COC(=O)C1(CNC(=O)OC(C)(C)C)CCN(c2nn3c(-c4ccc(F)cc4OC)cnc3s2)CC1. The number of amides is 1. The first kappa shape index (κ1) is 25.7. The molecule has 194 valence electrons. The molecule has 1 aromatic carbocycles. The molecule has 0 spiro atoms. The molecule has 1 fully saturated rings. The number of halogens is 1. The number of piperidine rings is 1. The van der Waals surface area contributed by atoms with E-state index in [2.05, 4.69) is 15.2 Å². The summed E-state index contributed by atoms with van der Waals surface area (Å²) in [5, 5.41) is 8.22. The van der Waals surface area contributed by atoms with Crippen LogP contribution in [0.4, 0.5) is 14.3 Å². The number of fused-ring (bicyclic) bond motifs is 1. The first-order chi connectivity index (χ1) is 17.0. The minimum Gasteiger partial charge on any atom is -0.496 e. The number of benzene rings is 1. The quantitative estimate of drug-likeness (QED) is 0.489. The maximum absolute atomic E-state index is 13.7. The molecule has 0 radical (unpaired) electrons. The first-order valence-electron chi connectivity index (χ1n) is 11.5. The fourth-order valence-electron chi connectivity index (χ4n) is 4.22. The van der Waals surface area contributed by atoms with Gasteiger partial charge < -0.3 is 24.4 Å². The van der Waals surface area contributed by atoms with Gasteiger partial charge in [0, 0.05) is 31.3 Å². The molecule has 0 bridgehead atoms. The van der Waals surface area contributed by atoms with Crippen molar-refractivity contribution in [3.63, 3.8) is 0 Å². The summed E-state index contributed by atoms with van der Waals surface area (Å²) in [5.74, 6) is -0.360. The zero-order valence-corrected chi connectivity index (χ0v) is 21.8. The van der Waals surface area contributed by atoms with Crippen LogP contribution in [0.1, 0.15) is 33.6 Å². The van der Waals surface area contributed by atoms with Crippen LogP contribution in [-0.4, -0.2) is 66.1 Å². The number of hydrogen-bond donors (Lipinski definition) is 1. The lowest BCUT2D eigenvalue weighted by Crippen LogP contribution is -2.51. The van der Waals surface area contributed by atoms with Gasteiger partial charge in [0.15, 0.2) is 0 Å². The van der Waals surface area contributed by atoms with E-state index in [1.807, 2.05) is 0 Å². The standard InChI is InChI=1S/C24H30FN5O5S/c1-23(2,3)35-22(32)27-14-24(19(31)34-5)8-10-29(11-9-24)21-28-30-17(13-26-20(30)36-21)16-7-6-15(25)12-18(16)33-4/h6-7,12-13H,8-11,14H2,1-5H3,(H,27,32). The van der Waals surface area contributed by atoms with Gasteiger partial charge in [-0.3, -0.25) is 4.79 Å². The van der Waals surface area contributed by atoms with Gasteiger partial charge in [-0.15, -0.1) is 5.10 Å². The Balaban J connectivity index is 1.50. The summed E-state index contributed by atoms with van der Waals surface area (Å²) in [7, 11) is 2.84. The summed E-state index contributed by atoms with van der Waals surface area (Å²) in [6.45, 7) is 6.54. The van der Waals surface area contributed by atoms with Crippen molar-refractivity contribution in [2.24, 2.45) is 5.41 Å². The molecule has 1 saturated heterocycles. The first-order valence-corrected chi connectivity index (χ1v) is 12.4. The lowest BCUT2D eigenvalue weighted by Gasteiger charge is -2.39. The summed E-state index contributed by atoms with van der Waals surface area (Å²) < 4.78 is 31.1. The number of anilines is 1. The molecule has 1 aliphatic heterocycles. The molecule has 1 amide bonds. The number of carbonyl (C=O) groups is 2. The summed E-state index contributed by atoms with van der Waals surface area (Å²) in [6.07, 6.45) is 2.05. The van der Waals surface area contributed by atoms with E-state index in [9.17, 15) is 14.0 Å². The van der Waals surface area contributed by atoms with Gasteiger partial charge in [0.25, 0.3) is 0 Å². The summed E-state index contributed by atoms with van der Waals surface area (Å²) >= 11 is 1.42. The van der Waals surface area contributed by atoms with E-state index in [-0.39, 0.29) is 18.3 Å². The Kier molecular flexibility index (Phi) is 7.07. The minimum atomic E-state index is -0.855. The smallest absolute Gasteiger partial charge is 0.407 e. The van der Waals surface area contributed by atoms with E-state index in [1.165, 1.54) is 37.7 Å². The van der Waals surface area contributed by atoms with E-state index in [0.29, 0.717) is 47.9 Å². The largest absolute Gasteiger partial charge is 0.496 e. The number of nitrogens with one attached hydrogen (secondary N) is 1. The number of imidazole rings is 1. The van der Waals surface area contributed by atoms with Crippen molar-refractivity contribution < 1.29 is 28.2 Å². The second-order valence-electron chi connectivity index (χ2n) is 9.68. The molecular weight excluding hydrogens is 489 g/mol. The van der Waals surface area contributed by atoms with Gasteiger partial charge in [0.1, 0.15) is 17.2 Å². The Morgan fingerprint density at radius 2 is 1.94 bits per heavy atom. The molecule has 0 unspecified atom stereocenters. The van der Waals surface area contributed by atoms with Gasteiger partial charge in [0.05, 0.1) is 31.5 Å². The molecule has 0 atom stereocenters. The van der Waals surface area contributed by atoms with Crippen LogP contribution in [0.15, 0.2) is 24.4 Å². The highest BCUT2D eigenvalue weighted by Gasteiger charge is 2.43. The second-order valence-corrected chi connectivity index (χ2v) is 10.6. The van der Waals surface area contributed by atoms with Crippen molar-refractivity contribution in [1.29, 1.82) is 0 Å². The average molecular weight is 520 g/mol. The molecule has 1 N–H and O–H groups in total. The molecule has 36 heavy (non-hydrogen) atoms. The summed E-state index contributed by atoms with van der Waals surface area (Å²) in [6, 6.07) is 4.33. The predicted molar refractivity (Wildman–Crippen MR) is 133 cm³/mol. The third-order valence-electron chi connectivity index (χ3n) is 6.09. The lowest BCUT2D eigenvalue weighted by molar-refractivity contribution is -0.153. The van der Waals surface area contributed by atoms with Crippen molar-refractivity contribution in [3.8, 4) is 17.0 Å². The Bertz CT molecular complexity index is 1260. The van der Waals surface area contributed by atoms with Crippen LogP contribution >= 0.6 is 11.3 Å². The molecule has 0 aliphatic carbocycles. The number of methoxy groups -OCH3 is 2. The number of nitrogens with zero attached hydrogens (tertiary/aromatic N) is 4. The molecule has 10 nitrogen and oxygen atoms in total. The van der Waals surface area contributed by atoms with Crippen molar-refractivity contribution >= 4 is 33.5 Å². The highest BCUT2D eigenvalue weighted by molar-refractivity contribution is 7.20. The topological polar surface area (TPSA) is 107 Å². The van der Waals surface area contributed by atoms with Crippen LogP contribution in [0.25, 0.3) is 16.2 Å². The highest BCUT2D eigenvalue weighted by Crippen LogP contribution is 2.37. The van der Waals surface area contributed by atoms with Crippen LogP contribution in [-0.2, 0) is 14.3 Å². The van der Waals surface area contributed by atoms with Gasteiger partial charge in [0.2, 0.25) is 10.1 Å². The molecular formula is C24H30FN5O5S. The highest BCUT2D eigenvalue weighted by atomic mass is 32.1. The van der Waals surface area contributed by atoms with E-state index >= 15 is 0 Å². The van der Waals surface area contributed by atoms with Gasteiger partial charge in [-0.05, 0) is 45.7 Å². The van der Waals surface area contributed by atoms with Crippen LogP contribution < -0.4 is 15.0 Å². The predicted octanol–water partition coefficient (Wildman–Crippen LogP) is 3.89. The number of carbonyl (C=O) groups excluding carboxylic acids is 2. The maximum Gasteiger partial charge on any atom is 0.407 e. The zero-order valence-electron chi connectivity index (χ0n) is 21.0. The number of rotatable bonds is 6. The summed E-state index contributed by atoms with van der Waals surface area (Å²) in [5.41, 5.74) is -0.122. The fourth-order valence-corrected chi connectivity index (χ4v) is 5.15. The monoisotopic (exact) mass is 519 g/mol. The lowest BCUT2D eigenvalue weighted by atomic mass is 9.78. The molecule has 12 heteroatoms. The Morgan fingerprint density at radius 1 is 1.22 bits per heavy atom. The molecule has 0 saturated carbocycles. The number of hydrogen-bond acceptors (Lipinski definition) is 9. The molecule has 4 rings (SSSR count). The zero-order chi connectivity index (χ0) is 26.1. The third kappa shape index (κ3) is 5.23. The van der Waals surface area contributed by atoms with E-state index in [0.717, 1.165) is 5.13 Å². The van der Waals surface area contributed by atoms with Gasteiger partial charge in [-0.1, -0.05) is 11.3 Å². The second kappa shape index (κ2) is 9.92. The van der Waals surface area contributed by atoms with Gasteiger partial charge in [-0.25, -0.2) is 18.7 Å². The number of esters is 1. The molecule has 3 heterocycles. The Labute approximate surface area is 212 Å². The molecule has 2 aromatic heterocycles. The Hall–Kier alpha value is -3.41. The summed E-state index contributed by atoms with van der Waals surface area (Å²) in [4.78, 5) is 32.1. The van der Waals surface area contributed by atoms with Crippen molar-refractivity contribution in [1.82, 2.24) is 19.9 Å². The van der Waals surface area contributed by atoms with Crippen molar-refractivity contribution in [3.05, 3.63) is 30.2 Å². The van der Waals surface area contributed by atoms with Gasteiger partial charge in [-0.2, -0.15) is 0 Å². The molecule has 1 aliphatic rings. The van der Waals surface area contributed by atoms with E-state index < -0.39 is 17.1 Å². The average Bonchev–Trinajstić information content (AvgIpc) is 3.42. The van der Waals surface area contributed by atoms with Crippen molar-refractivity contribution in [2.75, 3.05) is 38.8 Å². The number of aromatic nitrogens is 3. The fraction of sp³-hybridized carbons (Fsp3) is 0.500. The normalized spacial score (nSPS) is 15.6. The van der Waals surface area contributed by atoms with Crippen LogP contribution in [0.2, 0.25) is 0 Å². The van der Waals surface area contributed by atoms with E-state index in [1.54, 1.807) is 37.5 Å². The van der Waals surface area contributed by atoms with Gasteiger partial charge >= 0.3 is 12.1 Å². The maximum atomic E-state index is 13.7. The van der Waals surface area contributed by atoms with E-state index in [4.69, 9.17) is 19.3 Å². The Morgan fingerprint density at radius 3 is 2.58 bits per heavy atom. The minimum absolute atomic E-state index is 0.123. The third-order valence-corrected chi connectivity index (χ3v) is 7.08. The van der Waals surface area contributed by atoms with Crippen LogP contribution in [0, 0.1) is 11.2 Å². The van der Waals surface area contributed by atoms with Crippen LogP contribution in [0.3, 0.4) is 0 Å². The van der Waals surface area contributed by atoms with Crippen molar-refractivity contribution in [2.45, 2.75) is 39.2 Å². The number of ether oxygens (including phenoxy) is 3. The van der Waals surface area contributed by atoms with Crippen LogP contribution in [0.5, 0.6) is 5.75 Å². The number of alkyl carbamates (subject to hydrolysis) is 1. The molecule has 3 aromatic rings.